The van der Waals surface area contributed by atoms with Crippen molar-refractivity contribution in [3.63, 3.8) is 0 Å². The summed E-state index contributed by atoms with van der Waals surface area (Å²) in [5, 5.41) is 0. The largest absolute Gasteiger partial charge is 0.0654 e. The minimum absolute atomic E-state index is 0.886. The zero-order valence-corrected chi connectivity index (χ0v) is 12.4. The Morgan fingerprint density at radius 2 is 1.06 bits per heavy atom. The lowest BCUT2D eigenvalue weighted by atomic mass is 9.92. The van der Waals surface area contributed by atoms with Gasteiger partial charge in [0.1, 0.15) is 0 Å². The summed E-state index contributed by atoms with van der Waals surface area (Å²) in [7, 11) is 0. The van der Waals surface area contributed by atoms with Crippen LogP contribution < -0.4 is 0 Å². The van der Waals surface area contributed by atoms with Gasteiger partial charge in [-0.3, -0.25) is 0 Å². The molecule has 1 unspecified atom stereocenters. The van der Waals surface area contributed by atoms with E-state index in [1.54, 1.807) is 0 Å². The van der Waals surface area contributed by atoms with Gasteiger partial charge >= 0.3 is 0 Å². The first kappa shape index (κ1) is 16.0. The first-order valence-corrected chi connectivity index (χ1v) is 7.56. The molecule has 0 fully saturated rings. The molecule has 0 bridgehead atoms. The van der Waals surface area contributed by atoms with Crippen LogP contribution in [0.15, 0.2) is 0 Å². The molecule has 0 aromatic rings. The van der Waals surface area contributed by atoms with Gasteiger partial charge in [-0.25, -0.2) is 0 Å². The van der Waals surface area contributed by atoms with Crippen LogP contribution in [0, 0.1) is 17.8 Å². The average Bonchev–Trinajstić information content (AvgIpc) is 2.17. The lowest BCUT2D eigenvalue weighted by Crippen LogP contribution is -1.99. The molecule has 0 aliphatic heterocycles. The third-order valence-corrected chi connectivity index (χ3v) is 3.65. The zero-order valence-electron chi connectivity index (χ0n) is 12.4. The summed E-state index contributed by atoms with van der Waals surface area (Å²) in [6.07, 6.45) is 11.4. The highest BCUT2D eigenvalue weighted by Gasteiger charge is 2.05. The van der Waals surface area contributed by atoms with Gasteiger partial charge in [-0.05, 0) is 17.8 Å². The Kier molecular flexibility index (Phi) is 10.2. The van der Waals surface area contributed by atoms with Crippen LogP contribution in [-0.2, 0) is 0 Å². The smallest absolute Gasteiger partial charge is 0.0443 e. The molecule has 0 aromatic heterocycles. The van der Waals surface area contributed by atoms with Gasteiger partial charge < -0.3 is 0 Å². The van der Waals surface area contributed by atoms with E-state index in [2.05, 4.69) is 34.6 Å². The molecule has 0 radical (unpaired) electrons. The molecule has 0 N–H and O–H groups in total. The van der Waals surface area contributed by atoms with Crippen LogP contribution in [0.25, 0.3) is 0 Å². The van der Waals surface area contributed by atoms with Gasteiger partial charge in [0.25, 0.3) is 0 Å². The fourth-order valence-corrected chi connectivity index (χ4v) is 2.47. The van der Waals surface area contributed by atoms with Crippen molar-refractivity contribution in [1.29, 1.82) is 0 Å². The second-order valence-electron chi connectivity index (χ2n) is 6.25. The standard InChI is InChI=1S/C16H34/c1-6-9-15(4)12-8-13-16(5)11-7-10-14(2)3/h14-16H,6-13H2,1-5H3/t15-,16?/m1/s1. The monoisotopic (exact) mass is 226 g/mol. The Morgan fingerprint density at radius 3 is 1.50 bits per heavy atom. The molecule has 98 valence electrons. The summed E-state index contributed by atoms with van der Waals surface area (Å²) >= 11 is 0. The SMILES string of the molecule is CCC[C@@H](C)CCCC(C)CCCC(C)C. The van der Waals surface area contributed by atoms with Crippen molar-refractivity contribution in [2.24, 2.45) is 17.8 Å². The van der Waals surface area contributed by atoms with Crippen LogP contribution in [0.5, 0.6) is 0 Å². The molecular formula is C16H34. The molecule has 2 atom stereocenters. The number of rotatable bonds is 10. The van der Waals surface area contributed by atoms with Crippen molar-refractivity contribution in [3.05, 3.63) is 0 Å². The second kappa shape index (κ2) is 10.2. The van der Waals surface area contributed by atoms with E-state index in [4.69, 9.17) is 0 Å². The molecule has 16 heavy (non-hydrogen) atoms. The number of hydrogen-bond donors (Lipinski definition) is 0. The fourth-order valence-electron chi connectivity index (χ4n) is 2.47. The summed E-state index contributed by atoms with van der Waals surface area (Å²) in [4.78, 5) is 0. The van der Waals surface area contributed by atoms with Gasteiger partial charge in [-0.15, -0.1) is 0 Å². The molecule has 0 aliphatic carbocycles. The maximum atomic E-state index is 2.44. The van der Waals surface area contributed by atoms with Crippen molar-refractivity contribution >= 4 is 0 Å². The average molecular weight is 226 g/mol. The summed E-state index contributed by atoms with van der Waals surface area (Å²) < 4.78 is 0. The summed E-state index contributed by atoms with van der Waals surface area (Å²) in [6, 6.07) is 0. The van der Waals surface area contributed by atoms with E-state index in [1.165, 1.54) is 51.4 Å². The zero-order chi connectivity index (χ0) is 12.4. The molecule has 0 spiro atoms. The van der Waals surface area contributed by atoms with Gasteiger partial charge in [0.05, 0.1) is 0 Å². The van der Waals surface area contributed by atoms with Crippen molar-refractivity contribution in [3.8, 4) is 0 Å². The molecule has 0 amide bonds. The van der Waals surface area contributed by atoms with Crippen LogP contribution >= 0.6 is 0 Å². The highest BCUT2D eigenvalue weighted by molar-refractivity contribution is 4.58. The van der Waals surface area contributed by atoms with Crippen LogP contribution in [0.3, 0.4) is 0 Å². The van der Waals surface area contributed by atoms with E-state index in [9.17, 15) is 0 Å². The summed E-state index contributed by atoms with van der Waals surface area (Å²) in [6.45, 7) is 11.8. The molecule has 0 rings (SSSR count). The minimum Gasteiger partial charge on any atom is -0.0654 e. The molecule has 0 nitrogen and oxygen atoms in total. The van der Waals surface area contributed by atoms with Gasteiger partial charge in [0, 0.05) is 0 Å². The summed E-state index contributed by atoms with van der Waals surface area (Å²) in [5.41, 5.74) is 0. The van der Waals surface area contributed by atoms with Crippen LogP contribution in [0.1, 0.15) is 86.0 Å². The Morgan fingerprint density at radius 1 is 0.625 bits per heavy atom. The highest BCUT2D eigenvalue weighted by Crippen LogP contribution is 2.20. The number of hydrogen-bond acceptors (Lipinski definition) is 0. The van der Waals surface area contributed by atoms with Crippen molar-refractivity contribution in [2.75, 3.05) is 0 Å². The van der Waals surface area contributed by atoms with E-state index < -0.39 is 0 Å². The second-order valence-corrected chi connectivity index (χ2v) is 6.25. The molecule has 0 saturated heterocycles. The van der Waals surface area contributed by atoms with Crippen molar-refractivity contribution in [2.45, 2.75) is 86.0 Å². The third kappa shape index (κ3) is 10.5. The normalized spacial score (nSPS) is 15.4. The topological polar surface area (TPSA) is 0 Å². The predicted molar refractivity (Wildman–Crippen MR) is 75.8 cm³/mol. The third-order valence-electron chi connectivity index (χ3n) is 3.65. The molecule has 0 aliphatic rings. The van der Waals surface area contributed by atoms with Crippen LogP contribution in [0.2, 0.25) is 0 Å². The van der Waals surface area contributed by atoms with Gasteiger partial charge in [-0.2, -0.15) is 0 Å². The first-order chi connectivity index (χ1) is 7.56. The lowest BCUT2D eigenvalue weighted by Gasteiger charge is -2.14. The Bertz CT molecular complexity index is 137. The van der Waals surface area contributed by atoms with Crippen molar-refractivity contribution in [1.82, 2.24) is 0 Å². The van der Waals surface area contributed by atoms with Gasteiger partial charge in [0.15, 0.2) is 0 Å². The van der Waals surface area contributed by atoms with E-state index in [1.807, 2.05) is 0 Å². The van der Waals surface area contributed by atoms with Gasteiger partial charge in [-0.1, -0.05) is 86.0 Å². The Hall–Kier alpha value is 0. The Balaban J connectivity index is 3.32. The quantitative estimate of drug-likeness (QED) is 0.425. The van der Waals surface area contributed by atoms with Crippen LogP contribution in [0.4, 0.5) is 0 Å². The molecule has 0 saturated carbocycles. The Labute approximate surface area is 104 Å². The molecular weight excluding hydrogens is 192 g/mol. The molecule has 0 heterocycles. The minimum atomic E-state index is 0.886. The maximum absolute atomic E-state index is 2.44. The maximum Gasteiger partial charge on any atom is -0.0443 e. The van der Waals surface area contributed by atoms with E-state index in [-0.39, 0.29) is 0 Å². The molecule has 0 heteroatoms. The van der Waals surface area contributed by atoms with Crippen LogP contribution in [-0.4, -0.2) is 0 Å². The first-order valence-electron chi connectivity index (χ1n) is 7.56. The predicted octanol–water partition coefficient (Wildman–Crippen LogP) is 6.06. The van der Waals surface area contributed by atoms with E-state index in [0.29, 0.717) is 0 Å². The lowest BCUT2D eigenvalue weighted by molar-refractivity contribution is 0.391. The fraction of sp³-hybridized carbons (Fsp3) is 1.00. The van der Waals surface area contributed by atoms with E-state index in [0.717, 1.165) is 17.8 Å². The summed E-state index contributed by atoms with van der Waals surface area (Å²) in [5.74, 6) is 2.79. The van der Waals surface area contributed by atoms with E-state index >= 15 is 0 Å². The van der Waals surface area contributed by atoms with Crippen molar-refractivity contribution < 1.29 is 0 Å². The highest BCUT2D eigenvalue weighted by atomic mass is 14.1. The molecule has 0 aromatic carbocycles. The van der Waals surface area contributed by atoms with Gasteiger partial charge in [0.2, 0.25) is 0 Å².